The van der Waals surface area contributed by atoms with E-state index in [2.05, 4.69) is 22.8 Å². The van der Waals surface area contributed by atoms with Gasteiger partial charge in [-0.1, -0.05) is 48.5 Å². The predicted molar refractivity (Wildman–Crippen MR) is 99.0 cm³/mol. The molecule has 0 radical (unpaired) electrons. The van der Waals surface area contributed by atoms with Gasteiger partial charge in [0.15, 0.2) is 17.9 Å². The van der Waals surface area contributed by atoms with Crippen molar-refractivity contribution in [2.75, 3.05) is 4.90 Å². The van der Waals surface area contributed by atoms with Crippen LogP contribution in [0.4, 0.5) is 5.69 Å². The van der Waals surface area contributed by atoms with E-state index in [0.717, 1.165) is 5.69 Å². The lowest BCUT2D eigenvalue weighted by molar-refractivity contribution is -0.736. The van der Waals surface area contributed by atoms with Crippen LogP contribution < -0.4 is 9.47 Å². The smallest absolute Gasteiger partial charge is 0.244 e. The van der Waals surface area contributed by atoms with Crippen LogP contribution in [-0.4, -0.2) is 11.8 Å². The van der Waals surface area contributed by atoms with Gasteiger partial charge in [0.1, 0.15) is 5.92 Å². The molecule has 2 amide bonds. The van der Waals surface area contributed by atoms with Crippen LogP contribution in [-0.2, 0) is 9.59 Å². The summed E-state index contributed by atoms with van der Waals surface area (Å²) in [5.74, 6) is -0.918. The van der Waals surface area contributed by atoms with Crippen molar-refractivity contribution in [2.24, 2.45) is 11.8 Å². The number of nitrogens with zero attached hydrogens (tertiary/aromatic N) is 2. The van der Waals surface area contributed by atoms with E-state index in [-0.39, 0.29) is 35.6 Å². The average molecular weight is 353 g/mol. The summed E-state index contributed by atoms with van der Waals surface area (Å²) in [6.45, 7) is 0. The topological polar surface area (TPSA) is 41.3 Å². The summed E-state index contributed by atoms with van der Waals surface area (Å²) in [5, 5.41) is 0. The van der Waals surface area contributed by atoms with E-state index in [0.29, 0.717) is 5.69 Å². The molecule has 0 saturated carbocycles. The van der Waals surface area contributed by atoms with E-state index in [4.69, 9.17) is 0 Å². The van der Waals surface area contributed by atoms with Crippen molar-refractivity contribution in [3.05, 3.63) is 95.8 Å². The van der Waals surface area contributed by atoms with Crippen molar-refractivity contribution < 1.29 is 14.2 Å². The van der Waals surface area contributed by atoms with Crippen LogP contribution in [0.1, 0.15) is 28.8 Å². The zero-order chi connectivity index (χ0) is 18.1. The van der Waals surface area contributed by atoms with Crippen molar-refractivity contribution in [2.45, 2.75) is 12.0 Å². The molecule has 4 heteroatoms. The third-order valence-corrected chi connectivity index (χ3v) is 6.30. The Balaban J connectivity index is 1.60. The Bertz CT molecular complexity index is 993. The second kappa shape index (κ2) is 5.13. The van der Waals surface area contributed by atoms with Crippen molar-refractivity contribution in [1.82, 2.24) is 0 Å². The number of amides is 2. The number of pyridine rings is 1. The van der Waals surface area contributed by atoms with Crippen LogP contribution in [0.3, 0.4) is 0 Å². The fourth-order valence-electron chi connectivity index (χ4n) is 5.33. The molecule has 1 aliphatic carbocycles. The molecule has 4 aliphatic rings. The second-order valence-electron chi connectivity index (χ2n) is 7.48. The first-order chi connectivity index (χ1) is 13.3. The van der Waals surface area contributed by atoms with Gasteiger partial charge in [-0.3, -0.25) is 9.59 Å². The first kappa shape index (κ1) is 14.9. The van der Waals surface area contributed by atoms with Crippen LogP contribution in [0, 0.1) is 11.8 Å². The fourth-order valence-corrected chi connectivity index (χ4v) is 5.33. The Morgan fingerprint density at radius 3 is 2.19 bits per heavy atom. The third kappa shape index (κ3) is 1.75. The van der Waals surface area contributed by atoms with Gasteiger partial charge in [0, 0.05) is 17.7 Å². The van der Waals surface area contributed by atoms with E-state index >= 15 is 0 Å². The number of hydrogen-bond acceptors (Lipinski definition) is 2. The Hall–Kier alpha value is -3.27. The highest BCUT2D eigenvalue weighted by atomic mass is 16.2. The Labute approximate surface area is 156 Å². The molecule has 2 aromatic carbocycles. The predicted octanol–water partition coefficient (Wildman–Crippen LogP) is 2.83. The second-order valence-corrected chi connectivity index (χ2v) is 7.48. The first-order valence-electron chi connectivity index (χ1n) is 9.29. The van der Waals surface area contributed by atoms with E-state index in [9.17, 15) is 9.59 Å². The van der Waals surface area contributed by atoms with Crippen molar-refractivity contribution >= 4 is 17.5 Å². The number of carbonyl (C=O) groups is 2. The maximum atomic E-state index is 13.5. The standard InChI is InChI=1S/C23H17N2O2/c26-22-19-18-15-10-4-5-11-16(15)21(24-13-7-6-12-17(18)24)20(19)23(27)25(22)14-8-2-1-3-9-14/h1-13,18-21H/q+1/t18-,19-,20+,21-/m0/s1. The molecular weight excluding hydrogens is 336 g/mol. The molecular formula is C23H17N2O2+. The summed E-state index contributed by atoms with van der Waals surface area (Å²) < 4.78 is 2.20. The molecule has 1 aromatic heterocycles. The SMILES string of the molecule is O=C1[C@@H]2[C@@H](C(=O)N1c1ccccc1)[C@H]1c3ccccc3[C@@H]2[n+]2ccccc21. The van der Waals surface area contributed by atoms with Gasteiger partial charge in [-0.2, -0.15) is 4.57 Å². The zero-order valence-corrected chi connectivity index (χ0v) is 14.5. The van der Waals surface area contributed by atoms with Gasteiger partial charge in [-0.05, 0) is 17.7 Å². The molecule has 7 rings (SSSR count). The lowest BCUT2D eigenvalue weighted by Gasteiger charge is -2.40. The van der Waals surface area contributed by atoms with E-state index in [1.54, 1.807) is 0 Å². The highest BCUT2D eigenvalue weighted by Gasteiger charge is 2.66. The number of carbonyl (C=O) groups excluding carboxylic acids is 2. The minimum Gasteiger partial charge on any atom is -0.274 e. The Morgan fingerprint density at radius 2 is 1.37 bits per heavy atom. The molecule has 0 spiro atoms. The maximum Gasteiger partial charge on any atom is 0.244 e. The van der Waals surface area contributed by atoms with Gasteiger partial charge < -0.3 is 0 Å². The molecule has 3 aromatic rings. The summed E-state index contributed by atoms with van der Waals surface area (Å²) in [4.78, 5) is 28.3. The maximum absolute atomic E-state index is 13.5. The molecule has 1 saturated heterocycles. The molecule has 2 bridgehead atoms. The fraction of sp³-hybridized carbons (Fsp3) is 0.174. The van der Waals surface area contributed by atoms with Crippen LogP contribution in [0.2, 0.25) is 0 Å². The quantitative estimate of drug-likeness (QED) is 0.499. The van der Waals surface area contributed by atoms with Crippen molar-refractivity contribution in [1.29, 1.82) is 0 Å². The molecule has 0 unspecified atom stereocenters. The van der Waals surface area contributed by atoms with Crippen LogP contribution >= 0.6 is 0 Å². The number of aromatic nitrogens is 1. The summed E-state index contributed by atoms with van der Waals surface area (Å²) in [5.41, 5.74) is 4.15. The van der Waals surface area contributed by atoms with Crippen molar-refractivity contribution in [3.63, 3.8) is 0 Å². The van der Waals surface area contributed by atoms with E-state index < -0.39 is 0 Å². The van der Waals surface area contributed by atoms with Gasteiger partial charge in [0.2, 0.25) is 11.8 Å². The Kier molecular flexibility index (Phi) is 2.82. The minimum atomic E-state index is -0.350. The molecule has 4 atom stereocenters. The summed E-state index contributed by atoms with van der Waals surface area (Å²) in [7, 11) is 0. The lowest BCUT2D eigenvalue weighted by atomic mass is 9.63. The zero-order valence-electron chi connectivity index (χ0n) is 14.5. The molecule has 27 heavy (non-hydrogen) atoms. The largest absolute Gasteiger partial charge is 0.274 e. The molecule has 4 nitrogen and oxygen atoms in total. The molecule has 130 valence electrons. The van der Waals surface area contributed by atoms with Gasteiger partial charge in [-0.25, -0.2) is 4.90 Å². The molecule has 3 aliphatic heterocycles. The monoisotopic (exact) mass is 353 g/mol. The molecule has 1 fully saturated rings. The number of hydrogen-bond donors (Lipinski definition) is 0. The van der Waals surface area contributed by atoms with E-state index in [1.807, 2.05) is 60.8 Å². The Morgan fingerprint density at radius 1 is 0.704 bits per heavy atom. The number of anilines is 1. The number of benzene rings is 2. The summed E-state index contributed by atoms with van der Waals surface area (Å²) >= 11 is 0. The van der Waals surface area contributed by atoms with Crippen LogP contribution in [0.15, 0.2) is 79.0 Å². The van der Waals surface area contributed by atoms with Crippen molar-refractivity contribution in [3.8, 4) is 0 Å². The van der Waals surface area contributed by atoms with Gasteiger partial charge in [-0.15, -0.1) is 0 Å². The van der Waals surface area contributed by atoms with E-state index in [1.165, 1.54) is 16.0 Å². The molecule has 0 N–H and O–H groups in total. The highest BCUT2D eigenvalue weighted by Crippen LogP contribution is 2.55. The highest BCUT2D eigenvalue weighted by molar-refractivity contribution is 6.23. The van der Waals surface area contributed by atoms with Gasteiger partial charge in [0.05, 0.1) is 17.5 Å². The lowest BCUT2D eigenvalue weighted by Crippen LogP contribution is -2.59. The third-order valence-electron chi connectivity index (χ3n) is 6.30. The van der Waals surface area contributed by atoms with Gasteiger partial charge >= 0.3 is 0 Å². The first-order valence-corrected chi connectivity index (χ1v) is 9.29. The van der Waals surface area contributed by atoms with Crippen LogP contribution in [0.5, 0.6) is 0 Å². The summed E-state index contributed by atoms with van der Waals surface area (Å²) in [6.07, 6.45) is 2.04. The summed E-state index contributed by atoms with van der Waals surface area (Å²) in [6, 6.07) is 23.5. The number of imide groups is 1. The molecule has 4 heterocycles. The minimum absolute atomic E-state index is 0.0733. The van der Waals surface area contributed by atoms with Gasteiger partial charge in [0.25, 0.3) is 0 Å². The van der Waals surface area contributed by atoms with Crippen LogP contribution in [0.25, 0.3) is 0 Å². The number of para-hydroxylation sites is 1. The normalized spacial score (nSPS) is 27.3. The number of rotatable bonds is 1. The average Bonchev–Trinajstić information content (AvgIpc) is 3.00.